The van der Waals surface area contributed by atoms with Crippen molar-refractivity contribution in [3.8, 4) is 0 Å². The predicted molar refractivity (Wildman–Crippen MR) is 106 cm³/mol. The van der Waals surface area contributed by atoms with Crippen molar-refractivity contribution in [1.29, 1.82) is 0 Å². The summed E-state index contributed by atoms with van der Waals surface area (Å²) in [5.74, 6) is 0.109. The molecule has 2 amide bonds. The van der Waals surface area contributed by atoms with Crippen molar-refractivity contribution in [1.82, 2.24) is 10.3 Å². The molecular formula is C17H20ClN3O2S2. The molecule has 1 unspecified atom stereocenters. The summed E-state index contributed by atoms with van der Waals surface area (Å²) in [5.41, 5.74) is 1.24. The molecule has 2 aromatic rings. The summed E-state index contributed by atoms with van der Waals surface area (Å²) < 4.78 is 0. The maximum absolute atomic E-state index is 12.6. The summed E-state index contributed by atoms with van der Waals surface area (Å²) in [7, 11) is 0. The second-order valence-corrected chi connectivity index (χ2v) is 8.03. The summed E-state index contributed by atoms with van der Waals surface area (Å²) in [6, 6.07) is 6.12. The van der Waals surface area contributed by atoms with Crippen LogP contribution in [0.25, 0.3) is 0 Å². The molecule has 5 nitrogen and oxygen atoms in total. The zero-order valence-electron chi connectivity index (χ0n) is 14.3. The van der Waals surface area contributed by atoms with Gasteiger partial charge >= 0.3 is 0 Å². The fraction of sp³-hybridized carbons (Fsp3) is 0.353. The first-order chi connectivity index (χ1) is 11.9. The lowest BCUT2D eigenvalue weighted by Gasteiger charge is -2.17. The van der Waals surface area contributed by atoms with Gasteiger partial charge in [-0.3, -0.25) is 9.59 Å². The third-order valence-electron chi connectivity index (χ3n) is 3.61. The fourth-order valence-corrected chi connectivity index (χ4v) is 3.62. The molecular weight excluding hydrogens is 378 g/mol. The van der Waals surface area contributed by atoms with Gasteiger partial charge in [-0.05, 0) is 44.4 Å². The van der Waals surface area contributed by atoms with Crippen LogP contribution in [0.4, 0.5) is 5.13 Å². The van der Waals surface area contributed by atoms with Gasteiger partial charge in [0, 0.05) is 4.88 Å². The van der Waals surface area contributed by atoms with Crippen LogP contribution in [-0.4, -0.2) is 34.8 Å². The minimum Gasteiger partial charge on any atom is -0.340 e. The van der Waals surface area contributed by atoms with Crippen LogP contribution >= 0.6 is 34.7 Å². The third kappa shape index (κ3) is 5.45. The smallest absolute Gasteiger partial charge is 0.253 e. The number of anilines is 1. The molecule has 1 heterocycles. The normalized spacial score (nSPS) is 11.8. The van der Waals surface area contributed by atoms with Gasteiger partial charge in [-0.1, -0.05) is 23.7 Å². The summed E-state index contributed by atoms with van der Waals surface area (Å²) in [4.78, 5) is 30.4. The Morgan fingerprint density at radius 1 is 1.32 bits per heavy atom. The third-order valence-corrected chi connectivity index (χ3v) is 5.57. The van der Waals surface area contributed by atoms with E-state index in [0.29, 0.717) is 22.1 Å². The minimum absolute atomic E-state index is 0.275. The number of aromatic nitrogens is 1. The number of benzene rings is 1. The molecule has 2 rings (SSSR count). The van der Waals surface area contributed by atoms with Gasteiger partial charge in [0.05, 0.1) is 16.3 Å². The van der Waals surface area contributed by atoms with Gasteiger partial charge in [0.2, 0.25) is 5.91 Å². The van der Waals surface area contributed by atoms with E-state index in [1.54, 1.807) is 36.0 Å². The van der Waals surface area contributed by atoms with Crippen LogP contribution in [-0.2, 0) is 4.79 Å². The molecule has 1 aromatic carbocycles. The standard InChI is InChI=1S/C17H20ClN3O2S2/c1-10-11(2)25-17(19-10)21-16(23)14(8-9-24-3)20-15(22)12-6-4-5-7-13(12)18/h4-7,14H,8-9H2,1-3H3,(H,20,22)(H,19,21,23). The number of carbonyl (C=O) groups is 2. The number of rotatable bonds is 7. The van der Waals surface area contributed by atoms with E-state index in [0.717, 1.165) is 16.3 Å². The van der Waals surface area contributed by atoms with E-state index < -0.39 is 6.04 Å². The Morgan fingerprint density at radius 2 is 2.04 bits per heavy atom. The molecule has 0 saturated carbocycles. The Hall–Kier alpha value is -1.57. The zero-order chi connectivity index (χ0) is 18.4. The van der Waals surface area contributed by atoms with Crippen LogP contribution in [0.3, 0.4) is 0 Å². The molecule has 1 aromatic heterocycles. The van der Waals surface area contributed by atoms with Crippen molar-refractivity contribution in [2.24, 2.45) is 0 Å². The highest BCUT2D eigenvalue weighted by Crippen LogP contribution is 2.21. The molecule has 0 bridgehead atoms. The number of carbonyl (C=O) groups excluding carboxylic acids is 2. The topological polar surface area (TPSA) is 71.1 Å². The van der Waals surface area contributed by atoms with Gasteiger partial charge in [0.25, 0.3) is 5.91 Å². The van der Waals surface area contributed by atoms with Gasteiger partial charge in [0.1, 0.15) is 6.04 Å². The van der Waals surface area contributed by atoms with E-state index in [-0.39, 0.29) is 11.8 Å². The molecule has 1 atom stereocenters. The zero-order valence-corrected chi connectivity index (χ0v) is 16.6. The van der Waals surface area contributed by atoms with Crippen LogP contribution in [0.5, 0.6) is 0 Å². The summed E-state index contributed by atoms with van der Waals surface area (Å²) in [5, 5.41) is 6.47. The van der Waals surface area contributed by atoms with E-state index in [1.807, 2.05) is 20.1 Å². The lowest BCUT2D eigenvalue weighted by Crippen LogP contribution is -2.44. The number of aryl methyl sites for hydroxylation is 2. The second kappa shape index (κ2) is 9.22. The van der Waals surface area contributed by atoms with E-state index >= 15 is 0 Å². The quantitative estimate of drug-likeness (QED) is 0.743. The first-order valence-corrected chi connectivity index (χ1v) is 10.3. The maximum atomic E-state index is 12.6. The molecule has 0 aliphatic heterocycles. The molecule has 0 aliphatic carbocycles. The van der Waals surface area contributed by atoms with Gasteiger partial charge in [-0.2, -0.15) is 11.8 Å². The first-order valence-electron chi connectivity index (χ1n) is 7.71. The van der Waals surface area contributed by atoms with Gasteiger partial charge in [-0.25, -0.2) is 4.98 Å². The molecule has 0 fully saturated rings. The molecule has 0 spiro atoms. The maximum Gasteiger partial charge on any atom is 0.253 e. The number of nitrogens with one attached hydrogen (secondary N) is 2. The number of hydrogen-bond donors (Lipinski definition) is 2. The predicted octanol–water partition coefficient (Wildman–Crippen LogP) is 3.90. The number of amides is 2. The Kier molecular flexibility index (Phi) is 7.28. The Morgan fingerprint density at radius 3 is 2.64 bits per heavy atom. The molecule has 0 aliphatic rings. The molecule has 25 heavy (non-hydrogen) atoms. The highest BCUT2D eigenvalue weighted by molar-refractivity contribution is 7.98. The van der Waals surface area contributed by atoms with E-state index in [9.17, 15) is 9.59 Å². The Labute approximate surface area is 160 Å². The monoisotopic (exact) mass is 397 g/mol. The molecule has 0 saturated heterocycles. The second-order valence-electron chi connectivity index (χ2n) is 5.44. The van der Waals surface area contributed by atoms with Crippen molar-refractivity contribution < 1.29 is 9.59 Å². The molecule has 0 radical (unpaired) electrons. The highest BCUT2D eigenvalue weighted by Gasteiger charge is 2.23. The van der Waals surface area contributed by atoms with Crippen LogP contribution < -0.4 is 10.6 Å². The Balaban J connectivity index is 2.10. The summed E-state index contributed by atoms with van der Waals surface area (Å²) in [6.45, 7) is 3.85. The number of nitrogens with zero attached hydrogens (tertiary/aromatic N) is 1. The summed E-state index contributed by atoms with van der Waals surface area (Å²) >= 11 is 9.10. The summed E-state index contributed by atoms with van der Waals surface area (Å²) in [6.07, 6.45) is 2.48. The number of hydrogen-bond acceptors (Lipinski definition) is 5. The van der Waals surface area contributed by atoms with Gasteiger partial charge in [-0.15, -0.1) is 11.3 Å². The van der Waals surface area contributed by atoms with Crippen LogP contribution in [0, 0.1) is 13.8 Å². The van der Waals surface area contributed by atoms with E-state index in [4.69, 9.17) is 11.6 Å². The highest BCUT2D eigenvalue weighted by atomic mass is 35.5. The number of thioether (sulfide) groups is 1. The van der Waals surface area contributed by atoms with Crippen molar-refractivity contribution in [3.05, 3.63) is 45.4 Å². The average molecular weight is 398 g/mol. The van der Waals surface area contributed by atoms with Crippen molar-refractivity contribution in [2.75, 3.05) is 17.3 Å². The molecule has 134 valence electrons. The minimum atomic E-state index is -0.652. The van der Waals surface area contributed by atoms with Gasteiger partial charge in [0.15, 0.2) is 5.13 Å². The van der Waals surface area contributed by atoms with E-state index in [1.165, 1.54) is 11.3 Å². The van der Waals surface area contributed by atoms with Crippen molar-refractivity contribution in [2.45, 2.75) is 26.3 Å². The average Bonchev–Trinajstić information content (AvgIpc) is 2.89. The van der Waals surface area contributed by atoms with Crippen molar-refractivity contribution >= 4 is 51.6 Å². The lowest BCUT2D eigenvalue weighted by molar-refractivity contribution is -0.118. The van der Waals surface area contributed by atoms with Crippen LogP contribution in [0.1, 0.15) is 27.3 Å². The lowest BCUT2D eigenvalue weighted by atomic mass is 10.1. The van der Waals surface area contributed by atoms with E-state index in [2.05, 4.69) is 15.6 Å². The van der Waals surface area contributed by atoms with Crippen molar-refractivity contribution in [3.63, 3.8) is 0 Å². The SMILES string of the molecule is CSCCC(NC(=O)c1ccccc1Cl)C(=O)Nc1nc(C)c(C)s1. The van der Waals surface area contributed by atoms with Crippen LogP contribution in [0.15, 0.2) is 24.3 Å². The largest absolute Gasteiger partial charge is 0.340 e. The number of halogens is 1. The number of thiazole rings is 1. The Bertz CT molecular complexity index is 745. The molecule has 2 N–H and O–H groups in total. The van der Waals surface area contributed by atoms with Gasteiger partial charge < -0.3 is 10.6 Å². The molecule has 8 heteroatoms. The van der Waals surface area contributed by atoms with Crippen LogP contribution in [0.2, 0.25) is 5.02 Å². The fourth-order valence-electron chi connectivity index (χ4n) is 2.10. The first kappa shape index (κ1) is 19.8.